The molecule has 0 aliphatic carbocycles. The van der Waals surface area contributed by atoms with Gasteiger partial charge in [0.15, 0.2) is 0 Å². The Bertz CT molecular complexity index is 800. The predicted molar refractivity (Wildman–Crippen MR) is 97.9 cm³/mol. The molecule has 0 aliphatic rings. The molecule has 0 spiro atoms. The van der Waals surface area contributed by atoms with Crippen molar-refractivity contribution in [1.82, 2.24) is 4.31 Å². The van der Waals surface area contributed by atoms with Gasteiger partial charge in [0.1, 0.15) is 0 Å². The Morgan fingerprint density at radius 1 is 1.12 bits per heavy atom. The third-order valence-corrected chi connectivity index (χ3v) is 5.87. The summed E-state index contributed by atoms with van der Waals surface area (Å²) in [6.45, 7) is 7.55. The lowest BCUT2D eigenvalue weighted by Gasteiger charge is -2.19. The zero-order valence-electron chi connectivity index (χ0n) is 13.0. The van der Waals surface area contributed by atoms with Crippen LogP contribution in [0.1, 0.15) is 9.67 Å². The number of hydrogen-bond donors (Lipinski definition) is 1. The zero-order valence-corrected chi connectivity index (χ0v) is 14.6. The fourth-order valence-electron chi connectivity index (χ4n) is 2.02. The third-order valence-electron chi connectivity index (χ3n) is 3.16. The lowest BCUT2D eigenvalue weighted by molar-refractivity contribution is 0.103. The summed E-state index contributed by atoms with van der Waals surface area (Å²) in [5.41, 5.74) is 0.534. The van der Waals surface area contributed by atoms with E-state index >= 15 is 0 Å². The van der Waals surface area contributed by atoms with Crippen molar-refractivity contribution in [2.75, 3.05) is 18.4 Å². The van der Waals surface area contributed by atoms with Gasteiger partial charge < -0.3 is 5.32 Å². The summed E-state index contributed by atoms with van der Waals surface area (Å²) in [4.78, 5) is 12.7. The Hall–Kier alpha value is -2.22. The van der Waals surface area contributed by atoms with Gasteiger partial charge in [0.05, 0.1) is 9.77 Å². The van der Waals surface area contributed by atoms with Crippen LogP contribution in [-0.4, -0.2) is 31.7 Å². The number of amides is 1. The van der Waals surface area contributed by atoms with E-state index in [2.05, 4.69) is 18.5 Å². The minimum Gasteiger partial charge on any atom is -0.321 e. The standard InChI is InChI=1S/C17H18N2O3S2/c1-3-11-19(12-4-2)24(21,22)15-9-7-14(8-10-15)18-17(20)16-6-5-13-23-16/h3-10,13H,1-2,11-12H2,(H,18,20). The number of carbonyl (C=O) groups is 1. The average molecular weight is 362 g/mol. The topological polar surface area (TPSA) is 66.5 Å². The summed E-state index contributed by atoms with van der Waals surface area (Å²) in [6, 6.07) is 9.60. The number of carbonyl (C=O) groups excluding carboxylic acids is 1. The van der Waals surface area contributed by atoms with E-state index in [0.29, 0.717) is 10.6 Å². The van der Waals surface area contributed by atoms with Crippen LogP contribution in [0.2, 0.25) is 0 Å². The van der Waals surface area contributed by atoms with Gasteiger partial charge in [0, 0.05) is 18.8 Å². The highest BCUT2D eigenvalue weighted by molar-refractivity contribution is 7.89. The summed E-state index contributed by atoms with van der Waals surface area (Å²) in [7, 11) is -3.63. The normalized spacial score (nSPS) is 11.2. The first kappa shape index (κ1) is 18.1. The molecule has 0 bridgehead atoms. The van der Waals surface area contributed by atoms with Gasteiger partial charge in [-0.05, 0) is 35.7 Å². The van der Waals surface area contributed by atoms with Crippen molar-refractivity contribution in [2.24, 2.45) is 0 Å². The van der Waals surface area contributed by atoms with Gasteiger partial charge in [-0.15, -0.1) is 24.5 Å². The molecule has 2 aromatic rings. The minimum absolute atomic E-state index is 0.153. The molecule has 5 nitrogen and oxygen atoms in total. The Morgan fingerprint density at radius 3 is 2.25 bits per heavy atom. The lowest BCUT2D eigenvalue weighted by atomic mass is 10.3. The number of hydrogen-bond acceptors (Lipinski definition) is 4. The van der Waals surface area contributed by atoms with Gasteiger partial charge in [0.2, 0.25) is 10.0 Å². The molecule has 1 amide bonds. The smallest absolute Gasteiger partial charge is 0.265 e. The Morgan fingerprint density at radius 2 is 1.75 bits per heavy atom. The molecule has 7 heteroatoms. The SMILES string of the molecule is C=CCN(CC=C)S(=O)(=O)c1ccc(NC(=O)c2cccs2)cc1. The number of nitrogens with one attached hydrogen (secondary N) is 1. The van der Waals surface area contributed by atoms with Crippen LogP contribution in [0.3, 0.4) is 0 Å². The van der Waals surface area contributed by atoms with Crippen LogP contribution in [-0.2, 0) is 10.0 Å². The molecule has 0 atom stereocenters. The molecule has 0 fully saturated rings. The van der Waals surface area contributed by atoms with E-state index in [1.807, 2.05) is 5.38 Å². The van der Waals surface area contributed by atoms with E-state index in [9.17, 15) is 13.2 Å². The second kappa shape index (κ2) is 8.05. The first-order valence-electron chi connectivity index (χ1n) is 7.16. The highest BCUT2D eigenvalue weighted by Gasteiger charge is 2.22. The molecular formula is C17H18N2O3S2. The maximum Gasteiger partial charge on any atom is 0.265 e. The van der Waals surface area contributed by atoms with Gasteiger partial charge in [-0.3, -0.25) is 4.79 Å². The number of benzene rings is 1. The molecule has 2 rings (SSSR count). The first-order valence-corrected chi connectivity index (χ1v) is 9.48. The summed E-state index contributed by atoms with van der Waals surface area (Å²) in [5, 5.41) is 4.55. The fraction of sp³-hybridized carbons (Fsp3) is 0.118. The molecule has 1 heterocycles. The monoisotopic (exact) mass is 362 g/mol. The van der Waals surface area contributed by atoms with E-state index in [-0.39, 0.29) is 23.9 Å². The van der Waals surface area contributed by atoms with Crippen LogP contribution in [0, 0.1) is 0 Å². The van der Waals surface area contributed by atoms with Crippen LogP contribution in [0.5, 0.6) is 0 Å². The van der Waals surface area contributed by atoms with Gasteiger partial charge in [-0.1, -0.05) is 18.2 Å². The number of sulfonamides is 1. The zero-order chi connectivity index (χ0) is 17.6. The van der Waals surface area contributed by atoms with E-state index in [1.165, 1.54) is 39.9 Å². The average Bonchev–Trinajstić information content (AvgIpc) is 3.10. The molecular weight excluding hydrogens is 344 g/mol. The maximum atomic E-state index is 12.6. The molecule has 126 valence electrons. The molecule has 1 aromatic heterocycles. The quantitative estimate of drug-likeness (QED) is 0.732. The first-order chi connectivity index (χ1) is 11.5. The van der Waals surface area contributed by atoms with Crippen molar-refractivity contribution in [3.63, 3.8) is 0 Å². The largest absolute Gasteiger partial charge is 0.321 e. The lowest BCUT2D eigenvalue weighted by Crippen LogP contribution is -2.31. The van der Waals surface area contributed by atoms with E-state index in [0.717, 1.165) is 0 Å². The highest BCUT2D eigenvalue weighted by Crippen LogP contribution is 2.19. The van der Waals surface area contributed by atoms with Gasteiger partial charge in [-0.2, -0.15) is 4.31 Å². The van der Waals surface area contributed by atoms with Crippen molar-refractivity contribution in [3.05, 3.63) is 72.0 Å². The Balaban J connectivity index is 2.17. The van der Waals surface area contributed by atoms with E-state index < -0.39 is 10.0 Å². The van der Waals surface area contributed by atoms with E-state index in [4.69, 9.17) is 0 Å². The van der Waals surface area contributed by atoms with Crippen molar-refractivity contribution in [2.45, 2.75) is 4.90 Å². The van der Waals surface area contributed by atoms with Gasteiger partial charge in [-0.25, -0.2) is 8.42 Å². The van der Waals surface area contributed by atoms with Gasteiger partial charge >= 0.3 is 0 Å². The number of nitrogens with zero attached hydrogens (tertiary/aromatic N) is 1. The van der Waals surface area contributed by atoms with Crippen LogP contribution in [0.15, 0.2) is 72.0 Å². The summed E-state index contributed by atoms with van der Waals surface area (Å²) in [6.07, 6.45) is 3.05. The molecule has 1 aromatic carbocycles. The second-order valence-corrected chi connectivity index (χ2v) is 7.74. The molecule has 0 radical (unpaired) electrons. The number of thiophene rings is 1. The number of rotatable bonds is 8. The second-order valence-electron chi connectivity index (χ2n) is 4.86. The van der Waals surface area contributed by atoms with Crippen molar-refractivity contribution >= 4 is 33.0 Å². The summed E-state index contributed by atoms with van der Waals surface area (Å²) in [5.74, 6) is -0.222. The molecule has 24 heavy (non-hydrogen) atoms. The van der Waals surface area contributed by atoms with Crippen molar-refractivity contribution in [1.29, 1.82) is 0 Å². The third kappa shape index (κ3) is 4.19. The van der Waals surface area contributed by atoms with Crippen molar-refractivity contribution < 1.29 is 13.2 Å². The Kier molecular flexibility index (Phi) is 6.08. The predicted octanol–water partition coefficient (Wildman–Crippen LogP) is 3.36. The molecule has 0 saturated heterocycles. The minimum atomic E-state index is -3.63. The fourth-order valence-corrected chi connectivity index (χ4v) is 4.02. The molecule has 1 N–H and O–H groups in total. The summed E-state index contributed by atoms with van der Waals surface area (Å²) < 4.78 is 26.4. The molecule has 0 unspecified atom stereocenters. The Labute approximate surface area is 146 Å². The summed E-state index contributed by atoms with van der Waals surface area (Å²) >= 11 is 1.34. The van der Waals surface area contributed by atoms with Crippen molar-refractivity contribution in [3.8, 4) is 0 Å². The van der Waals surface area contributed by atoms with Crippen LogP contribution >= 0.6 is 11.3 Å². The molecule has 0 aliphatic heterocycles. The maximum absolute atomic E-state index is 12.6. The van der Waals surface area contributed by atoms with E-state index in [1.54, 1.807) is 24.3 Å². The highest BCUT2D eigenvalue weighted by atomic mass is 32.2. The van der Waals surface area contributed by atoms with Gasteiger partial charge in [0.25, 0.3) is 5.91 Å². The van der Waals surface area contributed by atoms with Crippen LogP contribution in [0.25, 0.3) is 0 Å². The number of anilines is 1. The van der Waals surface area contributed by atoms with Crippen LogP contribution in [0.4, 0.5) is 5.69 Å². The van der Waals surface area contributed by atoms with Crippen LogP contribution < -0.4 is 5.32 Å². The molecule has 0 saturated carbocycles.